The maximum absolute atomic E-state index is 12.9. The van der Waals surface area contributed by atoms with Crippen LogP contribution in [0.1, 0.15) is 46.0 Å². The average Bonchev–Trinajstić information content (AvgIpc) is 2.18. The number of hydrogen-bond acceptors (Lipinski definition) is 2. The predicted molar refractivity (Wildman–Crippen MR) is 56.7 cm³/mol. The molecular weight excluding hydrogens is 195 g/mol. The molecule has 1 saturated carbocycles. The average molecular weight is 216 g/mol. The maximum Gasteiger partial charge on any atom is 0.0999 e. The van der Waals surface area contributed by atoms with E-state index >= 15 is 0 Å². The van der Waals surface area contributed by atoms with E-state index < -0.39 is 6.17 Å². The van der Waals surface area contributed by atoms with Gasteiger partial charge in [-0.2, -0.15) is 0 Å². The minimum Gasteiger partial charge on any atom is -0.370 e. The molecule has 1 saturated heterocycles. The van der Waals surface area contributed by atoms with Gasteiger partial charge in [-0.3, -0.25) is 0 Å². The van der Waals surface area contributed by atoms with Crippen LogP contribution in [0.4, 0.5) is 4.39 Å². The molecule has 1 aliphatic carbocycles. The zero-order valence-electron chi connectivity index (χ0n) is 9.62. The molecular formula is C12H21FO2. The van der Waals surface area contributed by atoms with Gasteiger partial charge in [-0.05, 0) is 26.7 Å². The first-order valence-electron chi connectivity index (χ1n) is 6.12. The highest BCUT2D eigenvalue weighted by atomic mass is 19.1. The second kappa shape index (κ2) is 4.79. The lowest BCUT2D eigenvalue weighted by atomic mass is 9.92. The molecule has 0 bridgehead atoms. The van der Waals surface area contributed by atoms with Gasteiger partial charge >= 0.3 is 0 Å². The van der Waals surface area contributed by atoms with E-state index in [4.69, 9.17) is 9.47 Å². The van der Waals surface area contributed by atoms with Crippen molar-refractivity contribution in [3.05, 3.63) is 0 Å². The van der Waals surface area contributed by atoms with Crippen molar-refractivity contribution < 1.29 is 13.9 Å². The van der Waals surface area contributed by atoms with E-state index in [2.05, 4.69) is 0 Å². The summed E-state index contributed by atoms with van der Waals surface area (Å²) < 4.78 is 24.8. The molecule has 5 atom stereocenters. The Balaban J connectivity index is 1.92. The molecule has 1 heterocycles. The lowest BCUT2D eigenvalue weighted by Crippen LogP contribution is -2.49. The van der Waals surface area contributed by atoms with E-state index in [1.807, 2.05) is 6.92 Å². The van der Waals surface area contributed by atoms with Crippen molar-refractivity contribution in [2.75, 3.05) is 0 Å². The lowest BCUT2D eigenvalue weighted by molar-refractivity contribution is -0.228. The van der Waals surface area contributed by atoms with Crippen molar-refractivity contribution in [3.63, 3.8) is 0 Å². The van der Waals surface area contributed by atoms with Crippen LogP contribution >= 0.6 is 0 Å². The van der Waals surface area contributed by atoms with Crippen molar-refractivity contribution in [1.29, 1.82) is 0 Å². The third kappa shape index (κ3) is 2.70. The maximum atomic E-state index is 12.9. The normalized spacial score (nSPS) is 43.4. The zero-order valence-corrected chi connectivity index (χ0v) is 9.62. The molecule has 0 aromatic rings. The highest BCUT2D eigenvalue weighted by Crippen LogP contribution is 2.32. The highest BCUT2D eigenvalue weighted by Gasteiger charge is 2.38. The van der Waals surface area contributed by atoms with E-state index in [0.29, 0.717) is 6.42 Å². The molecule has 0 aromatic carbocycles. The summed E-state index contributed by atoms with van der Waals surface area (Å²) in [7, 11) is 0. The first-order valence-corrected chi connectivity index (χ1v) is 6.12. The molecule has 15 heavy (non-hydrogen) atoms. The Bertz CT molecular complexity index is 208. The van der Waals surface area contributed by atoms with E-state index in [9.17, 15) is 4.39 Å². The molecule has 0 N–H and O–H groups in total. The summed E-state index contributed by atoms with van der Waals surface area (Å²) in [5.41, 5.74) is 0. The largest absolute Gasteiger partial charge is 0.370 e. The van der Waals surface area contributed by atoms with Gasteiger partial charge in [0, 0.05) is 6.42 Å². The monoisotopic (exact) mass is 216 g/mol. The molecule has 5 unspecified atom stereocenters. The van der Waals surface area contributed by atoms with Crippen molar-refractivity contribution in [1.82, 2.24) is 0 Å². The van der Waals surface area contributed by atoms with Crippen molar-refractivity contribution in [2.45, 2.75) is 76.5 Å². The second-order valence-electron chi connectivity index (χ2n) is 4.89. The van der Waals surface area contributed by atoms with E-state index in [-0.39, 0.29) is 24.4 Å². The number of rotatable bonds is 2. The van der Waals surface area contributed by atoms with Gasteiger partial charge in [0.25, 0.3) is 0 Å². The number of ether oxygens (including phenoxy) is 2. The van der Waals surface area contributed by atoms with Crippen LogP contribution < -0.4 is 0 Å². The predicted octanol–water partition coefficient (Wildman–Crippen LogP) is 2.85. The van der Waals surface area contributed by atoms with Crippen LogP contribution in [-0.4, -0.2) is 30.6 Å². The molecule has 0 spiro atoms. The van der Waals surface area contributed by atoms with Crippen molar-refractivity contribution in [3.8, 4) is 0 Å². The van der Waals surface area contributed by atoms with E-state index in [0.717, 1.165) is 12.8 Å². The Morgan fingerprint density at radius 3 is 2.40 bits per heavy atom. The first kappa shape index (κ1) is 11.3. The first-order chi connectivity index (χ1) is 7.16. The number of halogens is 1. The van der Waals surface area contributed by atoms with Crippen LogP contribution in [0, 0.1) is 0 Å². The Morgan fingerprint density at radius 1 is 1.20 bits per heavy atom. The summed E-state index contributed by atoms with van der Waals surface area (Å²) in [5.74, 6) is 0. The quantitative estimate of drug-likeness (QED) is 0.706. The van der Waals surface area contributed by atoms with Gasteiger partial charge < -0.3 is 9.47 Å². The zero-order chi connectivity index (χ0) is 10.8. The van der Waals surface area contributed by atoms with E-state index in [1.54, 1.807) is 6.92 Å². The molecule has 2 fully saturated rings. The Hall–Kier alpha value is -0.150. The Kier molecular flexibility index (Phi) is 3.62. The van der Waals surface area contributed by atoms with Gasteiger partial charge in [-0.15, -0.1) is 0 Å². The summed E-state index contributed by atoms with van der Waals surface area (Å²) in [6.45, 7) is 3.58. The fourth-order valence-corrected chi connectivity index (χ4v) is 2.64. The molecule has 88 valence electrons. The van der Waals surface area contributed by atoms with Gasteiger partial charge in [-0.1, -0.05) is 12.8 Å². The van der Waals surface area contributed by atoms with Crippen LogP contribution in [0.15, 0.2) is 0 Å². The smallest absolute Gasteiger partial charge is 0.0999 e. The van der Waals surface area contributed by atoms with Gasteiger partial charge in [0.15, 0.2) is 0 Å². The topological polar surface area (TPSA) is 18.5 Å². The van der Waals surface area contributed by atoms with Crippen molar-refractivity contribution in [2.24, 2.45) is 0 Å². The van der Waals surface area contributed by atoms with Gasteiger partial charge in [0.05, 0.1) is 30.6 Å². The van der Waals surface area contributed by atoms with Crippen LogP contribution in [0.2, 0.25) is 0 Å². The summed E-state index contributed by atoms with van der Waals surface area (Å²) in [6, 6.07) is 0. The third-order valence-electron chi connectivity index (χ3n) is 3.46. The molecule has 2 nitrogen and oxygen atoms in total. The summed E-state index contributed by atoms with van der Waals surface area (Å²) >= 11 is 0. The fraction of sp³-hybridized carbons (Fsp3) is 1.00. The van der Waals surface area contributed by atoms with Crippen molar-refractivity contribution >= 4 is 0 Å². The molecule has 3 heteroatoms. The molecule has 1 aliphatic heterocycles. The van der Waals surface area contributed by atoms with Gasteiger partial charge in [-0.25, -0.2) is 4.39 Å². The minimum atomic E-state index is -0.804. The van der Waals surface area contributed by atoms with E-state index in [1.165, 1.54) is 12.8 Å². The fourth-order valence-electron chi connectivity index (χ4n) is 2.64. The molecule has 2 aliphatic rings. The van der Waals surface area contributed by atoms with Crippen LogP contribution in [0.5, 0.6) is 0 Å². The number of fused-ring (bicyclic) bond motifs is 1. The SMILES string of the molecule is CC(F)CC1OC2CCCCC2OC1C. The molecule has 0 aromatic heterocycles. The van der Waals surface area contributed by atoms with Crippen LogP contribution in [-0.2, 0) is 9.47 Å². The Labute approximate surface area is 91.1 Å². The minimum absolute atomic E-state index is 0.0440. The standard InChI is InChI=1S/C12H21FO2/c1-8(13)7-12-9(2)14-10-5-3-4-6-11(10)15-12/h8-12H,3-7H2,1-2H3. The summed E-state index contributed by atoms with van der Waals surface area (Å²) in [6.07, 6.45) is 4.77. The Morgan fingerprint density at radius 2 is 1.80 bits per heavy atom. The number of alkyl halides is 1. The number of hydrogen-bond donors (Lipinski definition) is 0. The molecule has 0 radical (unpaired) electrons. The van der Waals surface area contributed by atoms with Crippen LogP contribution in [0.3, 0.4) is 0 Å². The molecule has 2 rings (SSSR count). The second-order valence-corrected chi connectivity index (χ2v) is 4.89. The van der Waals surface area contributed by atoms with Gasteiger partial charge in [0.2, 0.25) is 0 Å². The molecule has 0 amide bonds. The highest BCUT2D eigenvalue weighted by molar-refractivity contribution is 4.85. The van der Waals surface area contributed by atoms with Crippen LogP contribution in [0.25, 0.3) is 0 Å². The van der Waals surface area contributed by atoms with Gasteiger partial charge in [0.1, 0.15) is 0 Å². The summed E-state index contributed by atoms with van der Waals surface area (Å²) in [5, 5.41) is 0. The lowest BCUT2D eigenvalue weighted by Gasteiger charge is -2.43. The summed E-state index contributed by atoms with van der Waals surface area (Å²) in [4.78, 5) is 0. The third-order valence-corrected chi connectivity index (χ3v) is 3.46.